The van der Waals surface area contributed by atoms with Crippen LogP contribution in [0.15, 0.2) is 30.3 Å². The maximum absolute atomic E-state index is 2.63. The van der Waals surface area contributed by atoms with Crippen LogP contribution in [0.4, 0.5) is 0 Å². The summed E-state index contributed by atoms with van der Waals surface area (Å²) in [5.74, 6) is 0. The van der Waals surface area contributed by atoms with Crippen LogP contribution in [0.2, 0.25) is 0 Å². The lowest BCUT2D eigenvalue weighted by molar-refractivity contribution is 0.265. The average molecular weight is 203 g/mol. The predicted octanol–water partition coefficient (Wildman–Crippen LogP) is 3.10. The van der Waals surface area contributed by atoms with Crippen molar-refractivity contribution in [2.45, 2.75) is 38.6 Å². The zero-order valence-electron chi connectivity index (χ0n) is 9.65. The maximum atomic E-state index is 2.63. The van der Waals surface area contributed by atoms with Crippen molar-refractivity contribution in [1.82, 2.24) is 4.90 Å². The second-order valence-corrected chi connectivity index (χ2v) is 4.62. The third kappa shape index (κ3) is 3.07. The number of nitrogens with zero attached hydrogens (tertiary/aromatic N) is 1. The Kier molecular flexibility index (Phi) is 3.79. The van der Waals surface area contributed by atoms with Crippen LogP contribution in [0.1, 0.15) is 31.7 Å². The molecule has 82 valence electrons. The van der Waals surface area contributed by atoms with Gasteiger partial charge in [-0.3, -0.25) is 0 Å². The lowest BCUT2D eigenvalue weighted by atomic mass is 10.1. The second kappa shape index (κ2) is 5.32. The van der Waals surface area contributed by atoms with Crippen LogP contribution in [0.3, 0.4) is 0 Å². The zero-order valence-corrected chi connectivity index (χ0v) is 9.65. The maximum Gasteiger partial charge on any atom is 0.00674 e. The van der Waals surface area contributed by atoms with Gasteiger partial charge in [-0.25, -0.2) is 0 Å². The minimum Gasteiger partial charge on any atom is -0.301 e. The molecule has 0 radical (unpaired) electrons. The molecule has 1 fully saturated rings. The van der Waals surface area contributed by atoms with Crippen LogP contribution in [0.5, 0.6) is 0 Å². The molecule has 1 saturated heterocycles. The van der Waals surface area contributed by atoms with Gasteiger partial charge in [0.05, 0.1) is 0 Å². The topological polar surface area (TPSA) is 3.24 Å². The van der Waals surface area contributed by atoms with E-state index in [0.29, 0.717) is 0 Å². The highest BCUT2D eigenvalue weighted by Crippen LogP contribution is 2.16. The molecule has 1 aliphatic heterocycles. The predicted molar refractivity (Wildman–Crippen MR) is 65.0 cm³/mol. The van der Waals surface area contributed by atoms with Crippen molar-refractivity contribution in [2.75, 3.05) is 13.1 Å². The molecular weight excluding hydrogens is 182 g/mol. The molecule has 0 bridgehead atoms. The number of benzene rings is 1. The van der Waals surface area contributed by atoms with Crippen LogP contribution in [-0.4, -0.2) is 24.0 Å². The Labute approximate surface area is 93.1 Å². The van der Waals surface area contributed by atoms with Crippen molar-refractivity contribution in [1.29, 1.82) is 0 Å². The summed E-state index contributed by atoms with van der Waals surface area (Å²) in [7, 11) is 0. The van der Waals surface area contributed by atoms with Crippen molar-refractivity contribution in [2.24, 2.45) is 0 Å². The van der Waals surface area contributed by atoms with Crippen molar-refractivity contribution < 1.29 is 0 Å². The van der Waals surface area contributed by atoms with E-state index in [0.717, 1.165) is 6.04 Å². The summed E-state index contributed by atoms with van der Waals surface area (Å²) < 4.78 is 0. The largest absolute Gasteiger partial charge is 0.301 e. The van der Waals surface area contributed by atoms with E-state index in [9.17, 15) is 0 Å². The molecule has 2 rings (SSSR count). The molecule has 0 N–H and O–H groups in total. The first-order valence-electron chi connectivity index (χ1n) is 6.14. The lowest BCUT2D eigenvalue weighted by Crippen LogP contribution is -2.28. The highest BCUT2D eigenvalue weighted by atomic mass is 15.2. The van der Waals surface area contributed by atoms with Gasteiger partial charge >= 0.3 is 0 Å². The standard InChI is InChI=1S/C14H21N/c1-13-7-5-11-15(13)12-6-10-14-8-3-2-4-9-14/h2-4,8-9,13H,5-7,10-12H2,1H3. The summed E-state index contributed by atoms with van der Waals surface area (Å²) in [5, 5.41) is 0. The highest BCUT2D eigenvalue weighted by molar-refractivity contribution is 5.14. The summed E-state index contributed by atoms with van der Waals surface area (Å²) in [5.41, 5.74) is 1.48. The van der Waals surface area contributed by atoms with E-state index < -0.39 is 0 Å². The minimum absolute atomic E-state index is 0.820. The highest BCUT2D eigenvalue weighted by Gasteiger charge is 2.18. The van der Waals surface area contributed by atoms with Crippen LogP contribution >= 0.6 is 0 Å². The number of hydrogen-bond donors (Lipinski definition) is 0. The van der Waals surface area contributed by atoms with Gasteiger partial charge in [0.15, 0.2) is 0 Å². The zero-order chi connectivity index (χ0) is 10.5. The fraction of sp³-hybridized carbons (Fsp3) is 0.571. The first kappa shape index (κ1) is 10.7. The van der Waals surface area contributed by atoms with Crippen LogP contribution in [0.25, 0.3) is 0 Å². The van der Waals surface area contributed by atoms with Crippen LogP contribution in [0, 0.1) is 0 Å². The first-order chi connectivity index (χ1) is 7.36. The fourth-order valence-electron chi connectivity index (χ4n) is 2.46. The molecule has 0 spiro atoms. The summed E-state index contributed by atoms with van der Waals surface area (Å²) >= 11 is 0. The Bertz CT molecular complexity index is 281. The van der Waals surface area contributed by atoms with Gasteiger partial charge in [0.1, 0.15) is 0 Å². The molecule has 1 aliphatic rings. The van der Waals surface area contributed by atoms with Gasteiger partial charge in [-0.2, -0.15) is 0 Å². The first-order valence-corrected chi connectivity index (χ1v) is 6.14. The van der Waals surface area contributed by atoms with Gasteiger partial charge in [0.25, 0.3) is 0 Å². The number of hydrogen-bond acceptors (Lipinski definition) is 1. The van der Waals surface area contributed by atoms with Gasteiger partial charge in [0, 0.05) is 6.04 Å². The summed E-state index contributed by atoms with van der Waals surface area (Å²) in [6, 6.07) is 11.6. The third-order valence-electron chi connectivity index (χ3n) is 3.44. The van der Waals surface area contributed by atoms with E-state index in [-0.39, 0.29) is 0 Å². The van der Waals surface area contributed by atoms with Gasteiger partial charge in [-0.15, -0.1) is 0 Å². The van der Waals surface area contributed by atoms with E-state index in [2.05, 4.69) is 42.2 Å². The van der Waals surface area contributed by atoms with Crippen molar-refractivity contribution in [3.63, 3.8) is 0 Å². The minimum atomic E-state index is 0.820. The van der Waals surface area contributed by atoms with Gasteiger partial charge < -0.3 is 4.90 Å². The number of rotatable bonds is 4. The Hall–Kier alpha value is -0.820. The van der Waals surface area contributed by atoms with Gasteiger partial charge in [-0.05, 0) is 51.3 Å². The van der Waals surface area contributed by atoms with Crippen molar-refractivity contribution in [3.8, 4) is 0 Å². The summed E-state index contributed by atoms with van der Waals surface area (Å²) in [6.45, 7) is 4.95. The van der Waals surface area contributed by atoms with E-state index >= 15 is 0 Å². The van der Waals surface area contributed by atoms with Gasteiger partial charge in [0.2, 0.25) is 0 Å². The number of likely N-dealkylation sites (tertiary alicyclic amines) is 1. The Morgan fingerprint density at radius 2 is 2.07 bits per heavy atom. The lowest BCUT2D eigenvalue weighted by Gasteiger charge is -2.20. The molecule has 1 heterocycles. The molecule has 1 aromatic carbocycles. The average Bonchev–Trinajstić information content (AvgIpc) is 2.66. The van der Waals surface area contributed by atoms with Crippen LogP contribution < -0.4 is 0 Å². The molecule has 0 saturated carbocycles. The van der Waals surface area contributed by atoms with E-state index in [4.69, 9.17) is 0 Å². The molecule has 1 nitrogen and oxygen atoms in total. The molecule has 0 amide bonds. The van der Waals surface area contributed by atoms with Crippen LogP contribution in [-0.2, 0) is 6.42 Å². The molecule has 1 unspecified atom stereocenters. The molecular formula is C14H21N. The Morgan fingerprint density at radius 3 is 2.73 bits per heavy atom. The SMILES string of the molecule is CC1CCCN1CCCc1ccccc1. The summed E-state index contributed by atoms with van der Waals surface area (Å²) in [4.78, 5) is 2.63. The molecule has 15 heavy (non-hydrogen) atoms. The fourth-order valence-corrected chi connectivity index (χ4v) is 2.46. The molecule has 1 aromatic rings. The van der Waals surface area contributed by atoms with Crippen molar-refractivity contribution >= 4 is 0 Å². The molecule has 1 heteroatoms. The van der Waals surface area contributed by atoms with Crippen molar-refractivity contribution in [3.05, 3.63) is 35.9 Å². The van der Waals surface area contributed by atoms with E-state index in [1.165, 1.54) is 44.3 Å². The van der Waals surface area contributed by atoms with E-state index in [1.54, 1.807) is 0 Å². The van der Waals surface area contributed by atoms with E-state index in [1.807, 2.05) is 0 Å². The smallest absolute Gasteiger partial charge is 0.00674 e. The normalized spacial score (nSPS) is 22.1. The third-order valence-corrected chi connectivity index (χ3v) is 3.44. The summed E-state index contributed by atoms with van der Waals surface area (Å²) in [6.07, 6.45) is 5.32. The molecule has 0 aliphatic carbocycles. The second-order valence-electron chi connectivity index (χ2n) is 4.62. The Morgan fingerprint density at radius 1 is 1.27 bits per heavy atom. The molecule has 0 aromatic heterocycles. The molecule has 1 atom stereocenters. The quantitative estimate of drug-likeness (QED) is 0.727. The Balaban J connectivity index is 1.71. The monoisotopic (exact) mass is 203 g/mol. The van der Waals surface area contributed by atoms with Gasteiger partial charge in [-0.1, -0.05) is 30.3 Å². The number of aryl methyl sites for hydroxylation is 1.